The number of nitrogens with zero attached hydrogens (tertiary/aromatic N) is 4. The van der Waals surface area contributed by atoms with Crippen LogP contribution in [0.5, 0.6) is 5.75 Å². The van der Waals surface area contributed by atoms with Gasteiger partial charge in [0.15, 0.2) is 0 Å². The Kier molecular flexibility index (Phi) is 4.92. The molecule has 1 aliphatic carbocycles. The highest BCUT2D eigenvalue weighted by molar-refractivity contribution is 7.77. The Hall–Kier alpha value is -1.83. The molecule has 0 radical (unpaired) electrons. The predicted molar refractivity (Wildman–Crippen MR) is 115 cm³/mol. The molecule has 1 aromatic carbocycles. The Morgan fingerprint density at radius 3 is 2.52 bits per heavy atom. The third-order valence-electron chi connectivity index (χ3n) is 6.64. The second kappa shape index (κ2) is 7.45. The van der Waals surface area contributed by atoms with Crippen LogP contribution < -0.4 is 10.3 Å². The highest BCUT2D eigenvalue weighted by Crippen LogP contribution is 2.52. The predicted octanol–water partition coefficient (Wildman–Crippen LogP) is 2.71. The first-order valence-electron chi connectivity index (χ1n) is 10.5. The molecule has 29 heavy (non-hydrogen) atoms. The van der Waals surface area contributed by atoms with Crippen LogP contribution in [0, 0.1) is 11.3 Å². The van der Waals surface area contributed by atoms with Crippen LogP contribution in [-0.4, -0.2) is 38.5 Å². The van der Waals surface area contributed by atoms with Crippen LogP contribution in [0.1, 0.15) is 36.7 Å². The van der Waals surface area contributed by atoms with Gasteiger partial charge >= 0.3 is 0 Å². The molecule has 0 bridgehead atoms. The van der Waals surface area contributed by atoms with Gasteiger partial charge in [0.05, 0.1) is 19.3 Å². The lowest BCUT2D eigenvalue weighted by Gasteiger charge is -2.57. The van der Waals surface area contributed by atoms with E-state index in [9.17, 15) is 4.79 Å². The van der Waals surface area contributed by atoms with Gasteiger partial charge in [0.1, 0.15) is 5.82 Å². The summed E-state index contributed by atoms with van der Waals surface area (Å²) in [6, 6.07) is 8.51. The summed E-state index contributed by atoms with van der Waals surface area (Å²) < 4.78 is 9.73. The summed E-state index contributed by atoms with van der Waals surface area (Å²) in [6.45, 7) is 7.83. The molecule has 2 aromatic rings. The number of hydrogen-bond donors (Lipinski definition) is 1. The quantitative estimate of drug-likeness (QED) is 0.740. The normalized spacial score (nSPS) is 21.0. The third kappa shape index (κ3) is 3.60. The van der Waals surface area contributed by atoms with Crippen molar-refractivity contribution in [3.8, 4) is 5.75 Å². The standard InChI is InChI=1S/C22H28N4O2S/c1-2-26-20(12-24-10-17-5-3-4-6-18(17)11-24)23-9-19(21(26)27)28-13-16-7-22(8-16)14-25(29)15-22/h3-6,9,16,29H,2,7-8,10-15H2,1H3. The van der Waals surface area contributed by atoms with Gasteiger partial charge in [-0.05, 0) is 42.2 Å². The number of thiol groups is 1. The van der Waals surface area contributed by atoms with Crippen molar-refractivity contribution in [1.29, 1.82) is 0 Å². The lowest BCUT2D eigenvalue weighted by molar-refractivity contribution is -0.0607. The molecule has 6 nitrogen and oxygen atoms in total. The molecule has 2 fully saturated rings. The summed E-state index contributed by atoms with van der Waals surface area (Å²) in [6.07, 6.45) is 3.97. The SMILES string of the molecule is CCn1c(CN2Cc3ccccc3C2)ncc(OCC2CC3(C2)CN(S)C3)c1=O. The maximum atomic E-state index is 12.9. The molecule has 0 N–H and O–H groups in total. The van der Waals surface area contributed by atoms with E-state index in [0.29, 0.717) is 36.8 Å². The van der Waals surface area contributed by atoms with Crippen LogP contribution >= 0.6 is 12.8 Å². The molecular weight excluding hydrogens is 384 g/mol. The summed E-state index contributed by atoms with van der Waals surface area (Å²) in [5.41, 5.74) is 3.13. The number of aromatic nitrogens is 2. The lowest BCUT2D eigenvalue weighted by Crippen LogP contribution is -2.59. The van der Waals surface area contributed by atoms with Crippen LogP contribution in [0.2, 0.25) is 0 Å². The molecule has 7 heteroatoms. The fraction of sp³-hybridized carbons (Fsp3) is 0.545. The number of rotatable bonds is 6. The van der Waals surface area contributed by atoms with E-state index in [-0.39, 0.29) is 5.56 Å². The van der Waals surface area contributed by atoms with Crippen LogP contribution in [-0.2, 0) is 26.2 Å². The van der Waals surface area contributed by atoms with Crippen molar-refractivity contribution in [2.24, 2.45) is 11.3 Å². The Morgan fingerprint density at radius 1 is 1.21 bits per heavy atom. The molecule has 1 saturated carbocycles. The smallest absolute Gasteiger partial charge is 0.295 e. The minimum absolute atomic E-state index is 0.0616. The molecule has 5 rings (SSSR count). The molecule has 0 atom stereocenters. The molecule has 0 amide bonds. The van der Waals surface area contributed by atoms with E-state index < -0.39 is 0 Å². The van der Waals surface area contributed by atoms with Gasteiger partial charge in [-0.3, -0.25) is 18.6 Å². The topological polar surface area (TPSA) is 50.6 Å². The molecule has 1 saturated heterocycles. The van der Waals surface area contributed by atoms with Crippen LogP contribution in [0.15, 0.2) is 35.3 Å². The summed E-state index contributed by atoms with van der Waals surface area (Å²) >= 11 is 4.37. The minimum Gasteiger partial charge on any atom is -0.486 e. The molecular formula is C22H28N4O2S. The summed E-state index contributed by atoms with van der Waals surface area (Å²) in [7, 11) is 0. The average molecular weight is 413 g/mol. The van der Waals surface area contributed by atoms with Crippen molar-refractivity contribution >= 4 is 12.8 Å². The molecule has 1 aromatic heterocycles. The molecule has 3 heterocycles. The van der Waals surface area contributed by atoms with E-state index in [0.717, 1.165) is 32.0 Å². The lowest BCUT2D eigenvalue weighted by atomic mass is 9.59. The van der Waals surface area contributed by atoms with Crippen molar-refractivity contribution in [3.63, 3.8) is 0 Å². The zero-order valence-corrected chi connectivity index (χ0v) is 17.8. The van der Waals surface area contributed by atoms with Gasteiger partial charge in [-0.25, -0.2) is 4.98 Å². The van der Waals surface area contributed by atoms with E-state index >= 15 is 0 Å². The molecule has 2 aliphatic heterocycles. The van der Waals surface area contributed by atoms with Crippen molar-refractivity contribution in [2.75, 3.05) is 19.7 Å². The maximum absolute atomic E-state index is 12.9. The Bertz CT molecular complexity index is 937. The van der Waals surface area contributed by atoms with Gasteiger partial charge in [0.2, 0.25) is 5.75 Å². The third-order valence-corrected chi connectivity index (χ3v) is 6.92. The summed E-state index contributed by atoms with van der Waals surface area (Å²) in [5, 5.41) is 0. The van der Waals surface area contributed by atoms with Crippen molar-refractivity contribution in [1.82, 2.24) is 18.8 Å². The first-order chi connectivity index (χ1) is 14.0. The molecule has 154 valence electrons. The largest absolute Gasteiger partial charge is 0.486 e. The Balaban J connectivity index is 1.22. The fourth-order valence-electron chi connectivity index (χ4n) is 5.25. The second-order valence-corrected chi connectivity index (χ2v) is 9.48. The van der Waals surface area contributed by atoms with Gasteiger partial charge < -0.3 is 4.74 Å². The highest BCUT2D eigenvalue weighted by atomic mass is 32.1. The fourth-order valence-corrected chi connectivity index (χ4v) is 5.85. The van der Waals surface area contributed by atoms with E-state index in [1.165, 1.54) is 24.0 Å². The van der Waals surface area contributed by atoms with E-state index in [1.54, 1.807) is 10.8 Å². The van der Waals surface area contributed by atoms with Gasteiger partial charge in [0.25, 0.3) is 5.56 Å². The summed E-state index contributed by atoms with van der Waals surface area (Å²) in [5.74, 6) is 1.73. The van der Waals surface area contributed by atoms with Crippen molar-refractivity contribution < 1.29 is 4.74 Å². The van der Waals surface area contributed by atoms with Crippen molar-refractivity contribution in [2.45, 2.75) is 45.9 Å². The van der Waals surface area contributed by atoms with Crippen LogP contribution in [0.25, 0.3) is 0 Å². The maximum Gasteiger partial charge on any atom is 0.295 e. The van der Waals surface area contributed by atoms with Gasteiger partial charge in [-0.1, -0.05) is 37.1 Å². The average Bonchev–Trinajstić information content (AvgIpc) is 3.06. The van der Waals surface area contributed by atoms with Gasteiger partial charge in [-0.15, -0.1) is 0 Å². The van der Waals surface area contributed by atoms with Gasteiger partial charge in [0, 0.05) is 32.7 Å². The summed E-state index contributed by atoms with van der Waals surface area (Å²) in [4.78, 5) is 19.9. The van der Waals surface area contributed by atoms with Crippen LogP contribution in [0.3, 0.4) is 0 Å². The van der Waals surface area contributed by atoms with Crippen molar-refractivity contribution in [3.05, 3.63) is 57.8 Å². The zero-order valence-electron chi connectivity index (χ0n) is 16.9. The van der Waals surface area contributed by atoms with Crippen LogP contribution in [0.4, 0.5) is 0 Å². The highest BCUT2D eigenvalue weighted by Gasteiger charge is 2.51. The molecule has 3 aliphatic rings. The minimum atomic E-state index is -0.0616. The number of ether oxygens (including phenoxy) is 1. The molecule has 1 spiro atoms. The number of benzene rings is 1. The zero-order chi connectivity index (χ0) is 20.0. The Labute approximate surface area is 177 Å². The number of hydrogen-bond acceptors (Lipinski definition) is 6. The molecule has 0 unspecified atom stereocenters. The second-order valence-electron chi connectivity index (χ2n) is 8.91. The first kappa shape index (κ1) is 19.2. The number of fused-ring (bicyclic) bond motifs is 1. The van der Waals surface area contributed by atoms with Gasteiger partial charge in [-0.2, -0.15) is 0 Å². The van der Waals surface area contributed by atoms with E-state index in [2.05, 4.69) is 51.3 Å². The first-order valence-corrected chi connectivity index (χ1v) is 10.9. The monoisotopic (exact) mass is 412 g/mol. The Morgan fingerprint density at radius 2 is 1.90 bits per heavy atom. The van der Waals surface area contributed by atoms with E-state index in [4.69, 9.17) is 4.74 Å². The van der Waals surface area contributed by atoms with E-state index in [1.807, 2.05) is 6.92 Å².